The molecule has 0 spiro atoms. The lowest BCUT2D eigenvalue weighted by Crippen LogP contribution is -2.11. The number of hydrogen-bond acceptors (Lipinski definition) is 2. The van der Waals surface area contributed by atoms with Crippen molar-refractivity contribution in [2.75, 3.05) is 4.90 Å². The molecule has 0 saturated heterocycles. The molecular formula is C53H38N4. The van der Waals surface area contributed by atoms with E-state index in [0.717, 1.165) is 56.4 Å². The molecule has 0 saturated carbocycles. The first kappa shape index (κ1) is 33.8. The molecule has 0 unspecified atom stereocenters. The van der Waals surface area contributed by atoms with Crippen molar-refractivity contribution in [3.8, 4) is 45.1 Å². The molecule has 4 nitrogen and oxygen atoms in total. The summed E-state index contributed by atoms with van der Waals surface area (Å²) in [6, 6.07) is 69.5. The number of benzene rings is 7. The van der Waals surface area contributed by atoms with Crippen molar-refractivity contribution in [3.05, 3.63) is 219 Å². The van der Waals surface area contributed by atoms with Gasteiger partial charge >= 0.3 is 0 Å². The van der Waals surface area contributed by atoms with Crippen LogP contribution < -0.4 is 4.90 Å². The molecule has 57 heavy (non-hydrogen) atoms. The minimum absolute atomic E-state index is 0.901. The summed E-state index contributed by atoms with van der Waals surface area (Å²) in [5.41, 5.74) is 14.8. The Bertz CT molecular complexity index is 3060. The second-order valence-electron chi connectivity index (χ2n) is 14.1. The first-order valence-electron chi connectivity index (χ1n) is 19.2. The van der Waals surface area contributed by atoms with Gasteiger partial charge in [0, 0.05) is 49.8 Å². The van der Waals surface area contributed by atoms with Crippen molar-refractivity contribution in [2.24, 2.45) is 0 Å². The van der Waals surface area contributed by atoms with Gasteiger partial charge in [-0.2, -0.15) is 0 Å². The van der Waals surface area contributed by atoms with Crippen molar-refractivity contribution in [3.63, 3.8) is 0 Å². The smallest absolute Gasteiger partial charge is 0.138 e. The average Bonchev–Trinajstić information content (AvgIpc) is 3.76. The van der Waals surface area contributed by atoms with Crippen molar-refractivity contribution >= 4 is 49.8 Å². The van der Waals surface area contributed by atoms with Crippen molar-refractivity contribution in [1.82, 2.24) is 14.1 Å². The van der Waals surface area contributed by atoms with Crippen molar-refractivity contribution in [2.45, 2.75) is 0 Å². The number of para-hydroxylation sites is 6. The van der Waals surface area contributed by atoms with Gasteiger partial charge in [0.15, 0.2) is 0 Å². The maximum atomic E-state index is 5.37. The fraction of sp³-hybridized carbons (Fsp3) is 0. The number of pyridine rings is 1. The number of hydrogen-bond donors (Lipinski definition) is 0. The molecule has 4 heteroatoms. The molecular weight excluding hydrogens is 693 g/mol. The Kier molecular flexibility index (Phi) is 8.42. The zero-order chi connectivity index (χ0) is 38.3. The molecule has 0 aliphatic carbocycles. The van der Waals surface area contributed by atoms with Gasteiger partial charge < -0.3 is 9.47 Å². The minimum atomic E-state index is 0.901. The molecule has 4 heterocycles. The van der Waals surface area contributed by atoms with E-state index < -0.39 is 0 Å². The van der Waals surface area contributed by atoms with E-state index in [4.69, 9.17) is 4.98 Å². The molecule has 3 aromatic heterocycles. The molecule has 0 fully saturated rings. The Morgan fingerprint density at radius 3 is 1.63 bits per heavy atom. The summed E-state index contributed by atoms with van der Waals surface area (Å²) < 4.78 is 4.73. The van der Waals surface area contributed by atoms with Gasteiger partial charge in [0.25, 0.3) is 0 Å². The maximum Gasteiger partial charge on any atom is 0.138 e. The SMILES string of the molecule is C=CC=C.c1ccc(N2c3ccccc3-c3c(n(-c4ccccc4)c4ccc(-c5cccc(-n6c7ccccc7c7ccccc76)n5)cc34)-c3ccccc32)cc1. The molecule has 0 atom stereocenters. The van der Waals surface area contributed by atoms with Crippen LogP contribution in [0.3, 0.4) is 0 Å². The van der Waals surface area contributed by atoms with Gasteiger partial charge in [-0.1, -0.05) is 147 Å². The number of anilines is 3. The average molecular weight is 731 g/mol. The van der Waals surface area contributed by atoms with Crippen LogP contribution in [0.2, 0.25) is 0 Å². The monoisotopic (exact) mass is 730 g/mol. The Hall–Kier alpha value is -7.69. The summed E-state index contributed by atoms with van der Waals surface area (Å²) in [4.78, 5) is 7.78. The van der Waals surface area contributed by atoms with Crippen LogP contribution in [0, 0.1) is 0 Å². The third-order valence-corrected chi connectivity index (χ3v) is 10.8. The molecule has 1 aliphatic heterocycles. The number of aromatic nitrogens is 3. The summed E-state index contributed by atoms with van der Waals surface area (Å²) in [5, 5.41) is 3.64. The van der Waals surface area contributed by atoms with Crippen molar-refractivity contribution in [1.29, 1.82) is 0 Å². The van der Waals surface area contributed by atoms with E-state index in [1.807, 2.05) is 0 Å². The molecule has 7 aromatic carbocycles. The molecule has 0 bridgehead atoms. The van der Waals surface area contributed by atoms with Crippen LogP contribution in [0.4, 0.5) is 17.1 Å². The van der Waals surface area contributed by atoms with Crippen LogP contribution in [-0.2, 0) is 0 Å². The number of fused-ring (bicyclic) bond motifs is 10. The highest BCUT2D eigenvalue weighted by atomic mass is 15.2. The Morgan fingerprint density at radius 2 is 0.965 bits per heavy atom. The summed E-state index contributed by atoms with van der Waals surface area (Å²) in [6.07, 6.45) is 3.28. The maximum absolute atomic E-state index is 5.37. The third kappa shape index (κ3) is 5.58. The lowest BCUT2D eigenvalue weighted by atomic mass is 9.97. The molecule has 11 rings (SSSR count). The Balaban J connectivity index is 0.000000948. The first-order valence-corrected chi connectivity index (χ1v) is 19.2. The highest BCUT2D eigenvalue weighted by molar-refractivity contribution is 6.14. The second-order valence-corrected chi connectivity index (χ2v) is 14.1. The van der Waals surface area contributed by atoms with E-state index in [0.29, 0.717) is 0 Å². The van der Waals surface area contributed by atoms with E-state index in [9.17, 15) is 0 Å². The summed E-state index contributed by atoms with van der Waals surface area (Å²) >= 11 is 0. The minimum Gasteiger partial charge on any atom is -0.309 e. The molecule has 10 aromatic rings. The van der Waals surface area contributed by atoms with Crippen LogP contribution in [0.5, 0.6) is 0 Å². The quantitative estimate of drug-likeness (QED) is 0.165. The fourth-order valence-corrected chi connectivity index (χ4v) is 8.44. The van der Waals surface area contributed by atoms with E-state index in [-0.39, 0.29) is 0 Å². The lowest BCUT2D eigenvalue weighted by molar-refractivity contribution is 1.08. The highest BCUT2D eigenvalue weighted by Gasteiger charge is 2.31. The van der Waals surface area contributed by atoms with E-state index in [1.54, 1.807) is 12.2 Å². The predicted molar refractivity (Wildman–Crippen MR) is 240 cm³/mol. The van der Waals surface area contributed by atoms with Gasteiger partial charge in [-0.3, -0.25) is 4.57 Å². The topological polar surface area (TPSA) is 26.0 Å². The number of rotatable bonds is 5. The van der Waals surface area contributed by atoms with Gasteiger partial charge in [0.1, 0.15) is 5.82 Å². The number of nitrogens with zero attached hydrogens (tertiary/aromatic N) is 4. The van der Waals surface area contributed by atoms with Gasteiger partial charge in [0.05, 0.1) is 39.3 Å². The van der Waals surface area contributed by atoms with Gasteiger partial charge in [-0.05, 0) is 72.8 Å². The third-order valence-electron chi connectivity index (χ3n) is 10.8. The molecule has 270 valence electrons. The molecule has 0 amide bonds. The van der Waals surface area contributed by atoms with Gasteiger partial charge in [0.2, 0.25) is 0 Å². The Labute approximate surface area is 332 Å². The van der Waals surface area contributed by atoms with E-state index >= 15 is 0 Å². The van der Waals surface area contributed by atoms with Gasteiger partial charge in [-0.25, -0.2) is 4.98 Å². The Morgan fingerprint density at radius 1 is 0.421 bits per heavy atom. The van der Waals surface area contributed by atoms with Crippen LogP contribution >= 0.6 is 0 Å². The summed E-state index contributed by atoms with van der Waals surface area (Å²) in [7, 11) is 0. The van der Waals surface area contributed by atoms with Crippen LogP contribution in [0.25, 0.3) is 77.9 Å². The van der Waals surface area contributed by atoms with Gasteiger partial charge in [-0.15, -0.1) is 0 Å². The molecule has 0 radical (unpaired) electrons. The molecule has 1 aliphatic rings. The van der Waals surface area contributed by atoms with Crippen LogP contribution in [-0.4, -0.2) is 14.1 Å². The van der Waals surface area contributed by atoms with E-state index in [1.165, 1.54) is 38.5 Å². The lowest BCUT2D eigenvalue weighted by Gasteiger charge is -2.27. The normalized spacial score (nSPS) is 11.6. The second kappa shape index (κ2) is 14.2. The van der Waals surface area contributed by atoms with Crippen molar-refractivity contribution < 1.29 is 0 Å². The summed E-state index contributed by atoms with van der Waals surface area (Å²) in [5.74, 6) is 0.901. The standard InChI is InChI=1S/C49H32N4.C4H6/c1-3-16-34(17-4-1)51-44-27-13-9-22-38(44)48-40-32-33(30-31-46(40)52(35-18-5-2-6-19-35)49(48)39-23-10-14-28-45(39)51)41-24-15-29-47(50-41)53-42-25-11-7-20-36(42)37-21-8-12-26-43(37)53;1-3-4-2/h1-32H;3-4H,1-2H2. The summed E-state index contributed by atoms with van der Waals surface area (Å²) in [6.45, 7) is 6.72. The fourth-order valence-electron chi connectivity index (χ4n) is 8.44. The predicted octanol–water partition coefficient (Wildman–Crippen LogP) is 14.3. The molecule has 0 N–H and O–H groups in total. The van der Waals surface area contributed by atoms with Crippen LogP contribution in [0.1, 0.15) is 0 Å². The largest absolute Gasteiger partial charge is 0.309 e. The highest BCUT2D eigenvalue weighted by Crippen LogP contribution is 2.54. The van der Waals surface area contributed by atoms with E-state index in [2.05, 4.69) is 221 Å². The first-order chi connectivity index (χ1) is 28.2. The zero-order valence-electron chi connectivity index (χ0n) is 31.3. The zero-order valence-corrected chi connectivity index (χ0v) is 31.3. The number of allylic oxidation sites excluding steroid dienone is 2. The van der Waals surface area contributed by atoms with Crippen LogP contribution in [0.15, 0.2) is 219 Å².